The van der Waals surface area contributed by atoms with Gasteiger partial charge in [-0.15, -0.1) is 0 Å². The third kappa shape index (κ3) is 7.08. The van der Waals surface area contributed by atoms with E-state index in [1.165, 1.54) is 25.7 Å². The van der Waals surface area contributed by atoms with Crippen molar-refractivity contribution in [3.63, 3.8) is 0 Å². The van der Waals surface area contributed by atoms with Gasteiger partial charge in [0.15, 0.2) is 11.6 Å². The number of aryl methyl sites for hydroxylation is 1. The maximum absolute atomic E-state index is 15.1. The largest absolute Gasteiger partial charge is 0.373 e. The van der Waals surface area contributed by atoms with Gasteiger partial charge < -0.3 is 4.74 Å². The molecule has 1 aliphatic rings. The van der Waals surface area contributed by atoms with Crippen LogP contribution < -0.4 is 0 Å². The monoisotopic (exact) mass is 522 g/mol. The summed E-state index contributed by atoms with van der Waals surface area (Å²) < 4.78 is 50.9. The average molecular weight is 523 g/mol. The van der Waals surface area contributed by atoms with Crippen LogP contribution in [0, 0.1) is 23.4 Å². The van der Waals surface area contributed by atoms with Crippen LogP contribution in [0.1, 0.15) is 95.3 Å². The van der Waals surface area contributed by atoms with E-state index in [1.54, 1.807) is 48.5 Å². The smallest absolute Gasteiger partial charge is 0.166 e. The summed E-state index contributed by atoms with van der Waals surface area (Å²) in [6.07, 6.45) is 11.5. The van der Waals surface area contributed by atoms with Gasteiger partial charge in [0, 0.05) is 11.1 Å². The summed E-state index contributed by atoms with van der Waals surface area (Å²) in [6.45, 7) is 5.10. The van der Waals surface area contributed by atoms with E-state index in [0.29, 0.717) is 34.6 Å². The molecule has 3 aromatic rings. The molecule has 1 nitrogen and oxygen atoms in total. The van der Waals surface area contributed by atoms with Crippen molar-refractivity contribution in [3.05, 3.63) is 83.2 Å². The third-order valence-electron chi connectivity index (χ3n) is 7.90. The molecule has 1 saturated heterocycles. The number of benzene rings is 3. The van der Waals surface area contributed by atoms with Gasteiger partial charge in [-0.25, -0.2) is 13.2 Å². The zero-order valence-corrected chi connectivity index (χ0v) is 22.9. The normalized spacial score (nSPS) is 17.6. The second-order valence-corrected chi connectivity index (χ2v) is 10.8. The lowest BCUT2D eigenvalue weighted by Gasteiger charge is -2.29. The predicted octanol–water partition coefficient (Wildman–Crippen LogP) is 10.6. The highest BCUT2D eigenvalue weighted by molar-refractivity contribution is 5.71. The molecule has 0 saturated carbocycles. The average Bonchev–Trinajstić information content (AvgIpc) is 2.94. The van der Waals surface area contributed by atoms with Gasteiger partial charge in [0.2, 0.25) is 0 Å². The van der Waals surface area contributed by atoms with Crippen LogP contribution in [0.5, 0.6) is 0 Å². The number of ether oxygens (including phenoxy) is 1. The van der Waals surface area contributed by atoms with E-state index in [1.807, 2.05) is 6.07 Å². The van der Waals surface area contributed by atoms with Crippen molar-refractivity contribution >= 4 is 0 Å². The molecule has 2 atom stereocenters. The summed E-state index contributed by atoms with van der Waals surface area (Å²) in [6, 6.07) is 15.6. The zero-order chi connectivity index (χ0) is 26.9. The van der Waals surface area contributed by atoms with Crippen LogP contribution in [-0.2, 0) is 11.2 Å². The molecule has 0 amide bonds. The van der Waals surface area contributed by atoms with Crippen LogP contribution in [0.15, 0.2) is 54.6 Å². The van der Waals surface area contributed by atoms with E-state index in [4.69, 9.17) is 4.74 Å². The summed E-state index contributed by atoms with van der Waals surface area (Å²) in [5, 5.41) is 0. The number of rotatable bonds is 12. The molecule has 0 aromatic heterocycles. The maximum atomic E-state index is 15.1. The van der Waals surface area contributed by atoms with Crippen LogP contribution in [0.25, 0.3) is 22.3 Å². The van der Waals surface area contributed by atoms with Gasteiger partial charge in [0.25, 0.3) is 0 Å². The molecule has 0 aliphatic carbocycles. The summed E-state index contributed by atoms with van der Waals surface area (Å²) in [7, 11) is 0. The molecule has 0 bridgehead atoms. The lowest BCUT2D eigenvalue weighted by molar-refractivity contribution is -0.0195. The molecule has 38 heavy (non-hydrogen) atoms. The lowest BCUT2D eigenvalue weighted by Crippen LogP contribution is -2.20. The second kappa shape index (κ2) is 14.0. The fourth-order valence-electron chi connectivity index (χ4n) is 5.60. The second-order valence-electron chi connectivity index (χ2n) is 10.8. The topological polar surface area (TPSA) is 9.23 Å². The molecule has 1 aliphatic heterocycles. The Bertz CT molecular complexity index is 1160. The van der Waals surface area contributed by atoms with Crippen LogP contribution in [0.3, 0.4) is 0 Å². The Hall–Kier alpha value is -2.59. The van der Waals surface area contributed by atoms with Crippen molar-refractivity contribution in [1.29, 1.82) is 0 Å². The van der Waals surface area contributed by atoms with Crippen LogP contribution in [0.2, 0.25) is 0 Å². The fourth-order valence-corrected chi connectivity index (χ4v) is 5.60. The minimum atomic E-state index is -0.814. The standard InChI is InChI=1S/C34H41F3O/c1-3-5-6-7-8-9-11-27-17-20-30(34(37)33(27)36)26-15-13-25(14-16-26)29-19-18-28(22-31(29)35)32-21-12-24(10-4-2)23-38-32/h13-20,22,24,32H,3-12,21,23H2,1-2H3. The van der Waals surface area contributed by atoms with Crippen molar-refractivity contribution in [2.24, 2.45) is 5.92 Å². The first kappa shape index (κ1) is 28.4. The fraction of sp³-hybridized carbons (Fsp3) is 0.471. The Morgan fingerprint density at radius 3 is 2.05 bits per heavy atom. The predicted molar refractivity (Wildman–Crippen MR) is 151 cm³/mol. The SMILES string of the molecule is CCCCCCCCc1ccc(-c2ccc(-c3ccc(C4CCC(CCC)CO4)cc3F)cc2)c(F)c1F. The first-order chi connectivity index (χ1) is 18.5. The van der Waals surface area contributed by atoms with E-state index in [-0.39, 0.29) is 17.5 Å². The minimum Gasteiger partial charge on any atom is -0.373 e. The Morgan fingerprint density at radius 1 is 0.711 bits per heavy atom. The summed E-state index contributed by atoms with van der Waals surface area (Å²) >= 11 is 0. The molecule has 4 rings (SSSR count). The molecule has 0 radical (unpaired) electrons. The Morgan fingerprint density at radius 2 is 1.39 bits per heavy atom. The molecule has 4 heteroatoms. The molecule has 1 fully saturated rings. The Kier molecular flexibility index (Phi) is 10.5. The number of hydrogen-bond donors (Lipinski definition) is 0. The van der Waals surface area contributed by atoms with E-state index in [2.05, 4.69) is 13.8 Å². The highest BCUT2D eigenvalue weighted by Crippen LogP contribution is 2.35. The van der Waals surface area contributed by atoms with E-state index in [0.717, 1.165) is 50.7 Å². The minimum absolute atomic E-state index is 0.0593. The molecule has 0 spiro atoms. The molecule has 0 N–H and O–H groups in total. The van der Waals surface area contributed by atoms with Gasteiger partial charge in [-0.2, -0.15) is 0 Å². The first-order valence-electron chi connectivity index (χ1n) is 14.5. The van der Waals surface area contributed by atoms with Crippen molar-refractivity contribution in [2.45, 2.75) is 90.6 Å². The summed E-state index contributed by atoms with van der Waals surface area (Å²) in [4.78, 5) is 0. The van der Waals surface area contributed by atoms with Gasteiger partial charge in [0.05, 0.1) is 12.7 Å². The van der Waals surface area contributed by atoms with E-state index < -0.39 is 11.6 Å². The van der Waals surface area contributed by atoms with Gasteiger partial charge >= 0.3 is 0 Å². The Balaban J connectivity index is 1.41. The van der Waals surface area contributed by atoms with Gasteiger partial charge in [-0.1, -0.05) is 101 Å². The molecule has 2 unspecified atom stereocenters. The van der Waals surface area contributed by atoms with Gasteiger partial charge in [0.1, 0.15) is 5.82 Å². The van der Waals surface area contributed by atoms with Crippen molar-refractivity contribution in [1.82, 2.24) is 0 Å². The summed E-state index contributed by atoms with van der Waals surface area (Å²) in [5.41, 5.74) is 3.30. The number of hydrogen-bond acceptors (Lipinski definition) is 1. The summed E-state index contributed by atoms with van der Waals surface area (Å²) in [5.74, 6) is -1.27. The first-order valence-corrected chi connectivity index (χ1v) is 14.5. The third-order valence-corrected chi connectivity index (χ3v) is 7.90. The highest BCUT2D eigenvalue weighted by Gasteiger charge is 2.23. The van der Waals surface area contributed by atoms with E-state index in [9.17, 15) is 8.78 Å². The van der Waals surface area contributed by atoms with Crippen LogP contribution in [0.4, 0.5) is 13.2 Å². The molecule has 1 heterocycles. The quantitative estimate of drug-likeness (QED) is 0.215. The van der Waals surface area contributed by atoms with Crippen LogP contribution in [-0.4, -0.2) is 6.61 Å². The number of unbranched alkanes of at least 4 members (excludes halogenated alkanes) is 5. The molecular weight excluding hydrogens is 481 g/mol. The zero-order valence-electron chi connectivity index (χ0n) is 22.9. The Labute approximate surface area is 226 Å². The van der Waals surface area contributed by atoms with Crippen molar-refractivity contribution in [2.75, 3.05) is 6.61 Å². The highest BCUT2D eigenvalue weighted by atomic mass is 19.2. The van der Waals surface area contributed by atoms with Gasteiger partial charge in [-0.3, -0.25) is 0 Å². The molecular formula is C34H41F3O. The van der Waals surface area contributed by atoms with Gasteiger partial charge in [-0.05, 0) is 66.3 Å². The lowest BCUT2D eigenvalue weighted by atomic mass is 9.91. The molecule has 204 valence electrons. The van der Waals surface area contributed by atoms with Crippen molar-refractivity contribution in [3.8, 4) is 22.3 Å². The van der Waals surface area contributed by atoms with Crippen LogP contribution >= 0.6 is 0 Å². The van der Waals surface area contributed by atoms with Crippen molar-refractivity contribution < 1.29 is 17.9 Å². The van der Waals surface area contributed by atoms with E-state index >= 15 is 4.39 Å². The number of halogens is 3. The molecule has 3 aromatic carbocycles. The maximum Gasteiger partial charge on any atom is 0.166 e.